The van der Waals surface area contributed by atoms with Gasteiger partial charge in [-0.05, 0) is 23.6 Å². The Morgan fingerprint density at radius 2 is 2.20 bits per heavy atom. The van der Waals surface area contributed by atoms with Crippen molar-refractivity contribution in [3.05, 3.63) is 47.8 Å². The Bertz CT molecular complexity index is 502. The summed E-state index contributed by atoms with van der Waals surface area (Å²) in [5.41, 5.74) is 0.905. The van der Waals surface area contributed by atoms with Gasteiger partial charge >= 0.3 is 12.1 Å². The quantitative estimate of drug-likeness (QED) is 0.752. The van der Waals surface area contributed by atoms with Crippen LogP contribution in [0.3, 0.4) is 0 Å². The van der Waals surface area contributed by atoms with Crippen LogP contribution in [0.2, 0.25) is 0 Å². The van der Waals surface area contributed by atoms with E-state index in [-0.39, 0.29) is 26.0 Å². The number of amides is 1. The monoisotopic (exact) mass is 281 g/mol. The molecular formula is C14H16FNO4. The Morgan fingerprint density at radius 1 is 1.45 bits per heavy atom. The fraction of sp³-hybridized carbons (Fsp3) is 0.286. The Kier molecular flexibility index (Phi) is 6.22. The lowest BCUT2D eigenvalue weighted by atomic mass is 10.1. The zero-order chi connectivity index (χ0) is 15.0. The molecule has 0 saturated heterocycles. The van der Waals surface area contributed by atoms with E-state index in [2.05, 4.69) is 11.9 Å². The number of hydrogen-bond donors (Lipinski definition) is 2. The Hall–Kier alpha value is -2.37. The fourth-order valence-electron chi connectivity index (χ4n) is 1.51. The summed E-state index contributed by atoms with van der Waals surface area (Å²) >= 11 is 0. The normalized spacial score (nSPS) is 9.85. The molecular weight excluding hydrogens is 265 g/mol. The minimum atomic E-state index is -0.972. The first-order chi connectivity index (χ1) is 9.52. The molecule has 0 saturated carbocycles. The molecule has 0 atom stereocenters. The van der Waals surface area contributed by atoms with E-state index in [0.717, 1.165) is 0 Å². The second-order valence-electron chi connectivity index (χ2n) is 4.06. The maximum atomic E-state index is 13.7. The molecule has 1 aromatic carbocycles. The predicted molar refractivity (Wildman–Crippen MR) is 70.7 cm³/mol. The number of alkyl carbamates (subject to hydrolysis) is 1. The van der Waals surface area contributed by atoms with Gasteiger partial charge in [0.1, 0.15) is 12.4 Å². The van der Waals surface area contributed by atoms with Crippen molar-refractivity contribution in [2.75, 3.05) is 6.61 Å². The number of carboxylic acid groups (broad SMARTS) is 1. The van der Waals surface area contributed by atoms with E-state index in [1.807, 2.05) is 0 Å². The fourth-order valence-corrected chi connectivity index (χ4v) is 1.51. The van der Waals surface area contributed by atoms with E-state index in [1.54, 1.807) is 6.07 Å². The number of ether oxygens (including phenoxy) is 1. The molecule has 0 radical (unpaired) electrons. The first-order valence-electron chi connectivity index (χ1n) is 6.03. The highest BCUT2D eigenvalue weighted by atomic mass is 19.1. The zero-order valence-electron chi connectivity index (χ0n) is 10.9. The van der Waals surface area contributed by atoms with Crippen LogP contribution in [0, 0.1) is 5.82 Å². The third-order valence-electron chi connectivity index (χ3n) is 2.49. The molecule has 108 valence electrons. The van der Waals surface area contributed by atoms with Gasteiger partial charge in [-0.2, -0.15) is 0 Å². The lowest BCUT2D eigenvalue weighted by Gasteiger charge is -2.07. The highest BCUT2D eigenvalue weighted by molar-refractivity contribution is 5.67. The van der Waals surface area contributed by atoms with Gasteiger partial charge in [-0.15, -0.1) is 0 Å². The molecule has 1 amide bonds. The van der Waals surface area contributed by atoms with Crippen LogP contribution in [0.15, 0.2) is 30.9 Å². The predicted octanol–water partition coefficient (Wildman–Crippen LogP) is 2.26. The molecule has 2 N–H and O–H groups in total. The van der Waals surface area contributed by atoms with E-state index >= 15 is 0 Å². The third-order valence-corrected chi connectivity index (χ3v) is 2.49. The van der Waals surface area contributed by atoms with Gasteiger partial charge in [0.05, 0.1) is 0 Å². The molecule has 5 nitrogen and oxygen atoms in total. The van der Waals surface area contributed by atoms with Crippen molar-refractivity contribution in [3.8, 4) is 0 Å². The van der Waals surface area contributed by atoms with Gasteiger partial charge in [-0.1, -0.05) is 24.8 Å². The number of carboxylic acids is 1. The van der Waals surface area contributed by atoms with Crippen LogP contribution in [0.1, 0.15) is 17.5 Å². The molecule has 0 aliphatic rings. The van der Waals surface area contributed by atoms with Gasteiger partial charge in [0.25, 0.3) is 0 Å². The average molecular weight is 281 g/mol. The molecule has 6 heteroatoms. The Balaban J connectivity index is 2.52. The minimum absolute atomic E-state index is 0.105. The molecule has 0 heterocycles. The number of carbonyl (C=O) groups is 2. The molecule has 0 aliphatic heterocycles. The number of hydrogen-bond acceptors (Lipinski definition) is 3. The van der Waals surface area contributed by atoms with Crippen LogP contribution in [0.4, 0.5) is 9.18 Å². The van der Waals surface area contributed by atoms with E-state index in [9.17, 15) is 14.0 Å². The van der Waals surface area contributed by atoms with Gasteiger partial charge in [0, 0.05) is 13.0 Å². The maximum absolute atomic E-state index is 13.7. The summed E-state index contributed by atoms with van der Waals surface area (Å²) in [5.74, 6) is -1.45. The third kappa shape index (κ3) is 5.51. The second-order valence-corrected chi connectivity index (χ2v) is 4.06. The van der Waals surface area contributed by atoms with Crippen LogP contribution in [-0.4, -0.2) is 23.8 Å². The van der Waals surface area contributed by atoms with Crippen LogP contribution in [0.25, 0.3) is 0 Å². The van der Waals surface area contributed by atoms with Crippen molar-refractivity contribution in [3.63, 3.8) is 0 Å². The summed E-state index contributed by atoms with van der Waals surface area (Å²) < 4.78 is 18.4. The van der Waals surface area contributed by atoms with Crippen molar-refractivity contribution in [2.45, 2.75) is 19.4 Å². The molecule has 0 aromatic heterocycles. The highest BCUT2D eigenvalue weighted by Crippen LogP contribution is 2.12. The maximum Gasteiger partial charge on any atom is 0.407 e. The highest BCUT2D eigenvalue weighted by Gasteiger charge is 2.07. The summed E-state index contributed by atoms with van der Waals surface area (Å²) in [6.07, 6.45) is 0.843. The summed E-state index contributed by atoms with van der Waals surface area (Å²) in [6.45, 7) is 3.64. The van der Waals surface area contributed by atoms with Crippen LogP contribution in [0.5, 0.6) is 0 Å². The number of aryl methyl sites for hydroxylation is 1. The van der Waals surface area contributed by atoms with Crippen LogP contribution < -0.4 is 5.32 Å². The summed E-state index contributed by atoms with van der Waals surface area (Å²) in [6, 6.07) is 4.42. The first-order valence-corrected chi connectivity index (χ1v) is 6.03. The molecule has 0 aliphatic carbocycles. The molecule has 20 heavy (non-hydrogen) atoms. The zero-order valence-corrected chi connectivity index (χ0v) is 10.9. The lowest BCUT2D eigenvalue weighted by molar-refractivity contribution is -0.136. The number of halogens is 1. The largest absolute Gasteiger partial charge is 0.481 e. The molecule has 0 unspecified atom stereocenters. The number of aliphatic carboxylic acids is 1. The van der Waals surface area contributed by atoms with Crippen molar-refractivity contribution in [2.24, 2.45) is 0 Å². The van der Waals surface area contributed by atoms with Gasteiger partial charge in [0.15, 0.2) is 0 Å². The van der Waals surface area contributed by atoms with Crippen molar-refractivity contribution in [1.82, 2.24) is 5.32 Å². The summed E-state index contributed by atoms with van der Waals surface area (Å²) in [7, 11) is 0. The Morgan fingerprint density at radius 3 is 2.80 bits per heavy atom. The molecule has 0 bridgehead atoms. The topological polar surface area (TPSA) is 75.6 Å². The average Bonchev–Trinajstić information content (AvgIpc) is 2.41. The molecule has 1 rings (SSSR count). The van der Waals surface area contributed by atoms with Gasteiger partial charge in [-0.25, -0.2) is 9.18 Å². The SMILES string of the molecule is C=CCOC(=O)NCc1ccc(CCC(=O)O)c(F)c1. The lowest BCUT2D eigenvalue weighted by Crippen LogP contribution is -2.23. The van der Waals surface area contributed by atoms with E-state index in [1.165, 1.54) is 18.2 Å². The minimum Gasteiger partial charge on any atom is -0.481 e. The molecule has 0 spiro atoms. The summed E-state index contributed by atoms with van der Waals surface area (Å²) in [5, 5.41) is 11.0. The van der Waals surface area contributed by atoms with Crippen molar-refractivity contribution < 1.29 is 23.8 Å². The number of nitrogens with one attached hydrogen (secondary N) is 1. The second kappa shape index (κ2) is 7.93. The number of carbonyl (C=O) groups excluding carboxylic acids is 1. The summed E-state index contributed by atoms with van der Waals surface area (Å²) in [4.78, 5) is 21.6. The first kappa shape index (κ1) is 15.7. The van der Waals surface area contributed by atoms with Crippen LogP contribution in [-0.2, 0) is 22.5 Å². The van der Waals surface area contributed by atoms with Crippen LogP contribution >= 0.6 is 0 Å². The Labute approximate surface area is 116 Å². The number of rotatable bonds is 7. The van der Waals surface area contributed by atoms with Gasteiger partial charge in [-0.3, -0.25) is 4.79 Å². The standard InChI is InChI=1S/C14H16FNO4/c1-2-7-20-14(19)16-9-10-3-4-11(12(15)8-10)5-6-13(17)18/h2-4,8H,1,5-7,9H2,(H,16,19)(H,17,18). The van der Waals surface area contributed by atoms with Gasteiger partial charge in [0.2, 0.25) is 0 Å². The molecule has 1 aromatic rings. The van der Waals surface area contributed by atoms with E-state index in [0.29, 0.717) is 11.1 Å². The van der Waals surface area contributed by atoms with Crippen molar-refractivity contribution >= 4 is 12.1 Å². The van der Waals surface area contributed by atoms with Crippen molar-refractivity contribution in [1.29, 1.82) is 0 Å². The number of benzene rings is 1. The van der Waals surface area contributed by atoms with E-state index in [4.69, 9.17) is 9.84 Å². The van der Waals surface area contributed by atoms with Gasteiger partial charge < -0.3 is 15.2 Å². The molecule has 0 fully saturated rings. The smallest absolute Gasteiger partial charge is 0.407 e. The van der Waals surface area contributed by atoms with E-state index < -0.39 is 17.9 Å².